The van der Waals surface area contributed by atoms with E-state index in [1.54, 1.807) is 36.4 Å². The quantitative estimate of drug-likeness (QED) is 0.866. The molecule has 0 saturated heterocycles. The van der Waals surface area contributed by atoms with Crippen LogP contribution in [0.5, 0.6) is 5.75 Å². The Morgan fingerprint density at radius 1 is 1.08 bits per heavy atom. The molecule has 1 aliphatic rings. The summed E-state index contributed by atoms with van der Waals surface area (Å²) >= 11 is 6.08. The molecular weight excluding hydrogens is 330 g/mol. The van der Waals surface area contributed by atoms with Gasteiger partial charge in [0.1, 0.15) is 5.75 Å². The first-order chi connectivity index (χ1) is 11.5. The number of benzene rings is 2. The number of aliphatic hydroxyl groups is 1. The van der Waals surface area contributed by atoms with Gasteiger partial charge in [0.2, 0.25) is 0 Å². The van der Waals surface area contributed by atoms with Crippen LogP contribution < -0.4 is 9.64 Å². The number of carbonyl (C=O) groups is 2. The highest BCUT2D eigenvalue weighted by atomic mass is 35.5. The van der Waals surface area contributed by atoms with Gasteiger partial charge in [-0.3, -0.25) is 9.59 Å². The molecule has 0 aromatic heterocycles. The van der Waals surface area contributed by atoms with Crippen LogP contribution in [0, 0.1) is 6.92 Å². The Labute approximate surface area is 143 Å². The Hall–Kier alpha value is -2.79. The maximum atomic E-state index is 12.8. The molecule has 1 heterocycles. The Balaban J connectivity index is 2.09. The number of aryl methyl sites for hydroxylation is 1. The predicted molar refractivity (Wildman–Crippen MR) is 91.2 cm³/mol. The van der Waals surface area contributed by atoms with Crippen molar-refractivity contribution in [3.05, 3.63) is 64.4 Å². The van der Waals surface area contributed by atoms with E-state index in [2.05, 4.69) is 0 Å². The zero-order chi connectivity index (χ0) is 17.4. The van der Waals surface area contributed by atoms with Gasteiger partial charge in [0.25, 0.3) is 5.91 Å². The SMILES string of the molecule is COc1ccccc1C1=C(O)C(=O)N(c2ccc(C)c(Cl)c2)C1=O. The first kappa shape index (κ1) is 16.1. The van der Waals surface area contributed by atoms with Gasteiger partial charge in [-0.1, -0.05) is 35.9 Å². The number of amides is 2. The van der Waals surface area contributed by atoms with Gasteiger partial charge in [0.05, 0.1) is 18.4 Å². The molecule has 0 saturated carbocycles. The van der Waals surface area contributed by atoms with Crippen molar-refractivity contribution >= 4 is 34.7 Å². The molecule has 2 amide bonds. The first-order valence-electron chi connectivity index (χ1n) is 7.17. The minimum Gasteiger partial charge on any atom is -0.502 e. The van der Waals surface area contributed by atoms with Crippen LogP contribution in [-0.4, -0.2) is 24.0 Å². The molecule has 0 radical (unpaired) electrons. The molecule has 6 heteroatoms. The number of nitrogens with zero attached hydrogens (tertiary/aromatic N) is 1. The molecule has 0 fully saturated rings. The van der Waals surface area contributed by atoms with Crippen molar-refractivity contribution in [1.29, 1.82) is 0 Å². The van der Waals surface area contributed by atoms with E-state index in [1.165, 1.54) is 13.2 Å². The zero-order valence-electron chi connectivity index (χ0n) is 13.0. The summed E-state index contributed by atoms with van der Waals surface area (Å²) < 4.78 is 5.22. The lowest BCUT2D eigenvalue weighted by molar-refractivity contribution is -0.121. The molecule has 0 atom stereocenters. The van der Waals surface area contributed by atoms with Crippen LogP contribution >= 0.6 is 11.6 Å². The van der Waals surface area contributed by atoms with Crippen LogP contribution in [0.15, 0.2) is 48.2 Å². The molecule has 24 heavy (non-hydrogen) atoms. The largest absolute Gasteiger partial charge is 0.502 e. The number of imide groups is 1. The van der Waals surface area contributed by atoms with Crippen molar-refractivity contribution in [3.8, 4) is 5.75 Å². The molecule has 3 rings (SSSR count). The summed E-state index contributed by atoms with van der Waals surface area (Å²) in [6.45, 7) is 1.82. The normalized spacial score (nSPS) is 14.5. The van der Waals surface area contributed by atoms with E-state index in [0.717, 1.165) is 10.5 Å². The molecule has 2 aromatic rings. The van der Waals surface area contributed by atoms with Crippen molar-refractivity contribution < 1.29 is 19.4 Å². The van der Waals surface area contributed by atoms with Crippen LogP contribution in [0.3, 0.4) is 0 Å². The lowest BCUT2D eigenvalue weighted by Crippen LogP contribution is -2.31. The van der Waals surface area contributed by atoms with Gasteiger partial charge < -0.3 is 9.84 Å². The van der Waals surface area contributed by atoms with Crippen LogP contribution in [0.1, 0.15) is 11.1 Å². The predicted octanol–water partition coefficient (Wildman–Crippen LogP) is 3.50. The van der Waals surface area contributed by atoms with E-state index in [0.29, 0.717) is 22.0 Å². The summed E-state index contributed by atoms with van der Waals surface area (Å²) in [5.41, 5.74) is 1.39. The minimum absolute atomic E-state index is 0.0888. The Kier molecular flexibility index (Phi) is 4.03. The smallest absolute Gasteiger partial charge is 0.301 e. The number of para-hydroxylation sites is 1. The van der Waals surface area contributed by atoms with E-state index in [4.69, 9.17) is 16.3 Å². The molecule has 5 nitrogen and oxygen atoms in total. The van der Waals surface area contributed by atoms with E-state index >= 15 is 0 Å². The zero-order valence-corrected chi connectivity index (χ0v) is 13.8. The number of aliphatic hydroxyl groups excluding tert-OH is 1. The van der Waals surface area contributed by atoms with Gasteiger partial charge in [-0.2, -0.15) is 0 Å². The summed E-state index contributed by atoms with van der Waals surface area (Å²) in [5, 5.41) is 10.7. The van der Waals surface area contributed by atoms with Crippen molar-refractivity contribution in [2.75, 3.05) is 12.0 Å². The molecule has 2 aromatic carbocycles. The summed E-state index contributed by atoms with van der Waals surface area (Å²) in [6, 6.07) is 11.5. The van der Waals surface area contributed by atoms with Gasteiger partial charge in [0.15, 0.2) is 5.76 Å². The highest BCUT2D eigenvalue weighted by molar-refractivity contribution is 6.45. The van der Waals surface area contributed by atoms with Gasteiger partial charge in [-0.25, -0.2) is 4.90 Å². The number of anilines is 1. The Morgan fingerprint density at radius 2 is 1.79 bits per heavy atom. The molecular formula is C18H14ClNO4. The minimum atomic E-state index is -0.791. The van der Waals surface area contributed by atoms with Crippen LogP contribution in [0.25, 0.3) is 5.57 Å². The molecule has 122 valence electrons. The van der Waals surface area contributed by atoms with E-state index in [1.807, 2.05) is 6.92 Å². The number of methoxy groups -OCH3 is 1. The Bertz CT molecular complexity index is 888. The second kappa shape index (κ2) is 6.02. The van der Waals surface area contributed by atoms with Crippen molar-refractivity contribution in [2.45, 2.75) is 6.92 Å². The highest BCUT2D eigenvalue weighted by Gasteiger charge is 2.41. The third-order valence-corrected chi connectivity index (χ3v) is 4.26. The monoisotopic (exact) mass is 343 g/mol. The highest BCUT2D eigenvalue weighted by Crippen LogP contribution is 2.36. The van der Waals surface area contributed by atoms with Crippen molar-refractivity contribution in [3.63, 3.8) is 0 Å². The number of rotatable bonds is 3. The fraction of sp³-hybridized carbons (Fsp3) is 0.111. The summed E-state index contributed by atoms with van der Waals surface area (Å²) in [5.74, 6) is -1.63. The van der Waals surface area contributed by atoms with E-state index in [9.17, 15) is 14.7 Å². The van der Waals surface area contributed by atoms with E-state index in [-0.39, 0.29) is 5.57 Å². The maximum Gasteiger partial charge on any atom is 0.301 e. The third-order valence-electron chi connectivity index (χ3n) is 3.85. The standard InChI is InChI=1S/C18H14ClNO4/c1-10-7-8-11(9-13(10)19)20-17(22)15(16(21)18(20)23)12-5-3-4-6-14(12)24-2/h3-9,21H,1-2H3. The molecule has 0 bridgehead atoms. The van der Waals surface area contributed by atoms with Crippen LogP contribution in [0.4, 0.5) is 5.69 Å². The number of ether oxygens (including phenoxy) is 1. The summed E-state index contributed by atoms with van der Waals surface area (Å²) in [7, 11) is 1.45. The molecule has 0 aliphatic carbocycles. The van der Waals surface area contributed by atoms with E-state index < -0.39 is 17.6 Å². The summed E-state index contributed by atoms with van der Waals surface area (Å²) in [6.07, 6.45) is 0. The van der Waals surface area contributed by atoms with Crippen LogP contribution in [0.2, 0.25) is 5.02 Å². The fourth-order valence-electron chi connectivity index (χ4n) is 2.57. The molecule has 0 spiro atoms. The van der Waals surface area contributed by atoms with Crippen molar-refractivity contribution in [1.82, 2.24) is 0 Å². The van der Waals surface area contributed by atoms with Gasteiger partial charge in [-0.15, -0.1) is 0 Å². The number of carbonyl (C=O) groups excluding carboxylic acids is 2. The Morgan fingerprint density at radius 3 is 2.46 bits per heavy atom. The maximum absolute atomic E-state index is 12.8. The van der Waals surface area contributed by atoms with Crippen LogP contribution in [-0.2, 0) is 9.59 Å². The topological polar surface area (TPSA) is 66.8 Å². The lowest BCUT2D eigenvalue weighted by atomic mass is 10.0. The average molecular weight is 344 g/mol. The fourth-order valence-corrected chi connectivity index (χ4v) is 2.74. The van der Waals surface area contributed by atoms with Gasteiger partial charge in [-0.05, 0) is 30.7 Å². The molecule has 1 N–H and O–H groups in total. The number of hydrogen-bond acceptors (Lipinski definition) is 4. The second-order valence-electron chi connectivity index (χ2n) is 5.30. The summed E-state index contributed by atoms with van der Waals surface area (Å²) in [4.78, 5) is 26.1. The lowest BCUT2D eigenvalue weighted by Gasteiger charge is -2.16. The number of halogens is 1. The first-order valence-corrected chi connectivity index (χ1v) is 7.55. The molecule has 0 unspecified atom stereocenters. The van der Waals surface area contributed by atoms with Gasteiger partial charge >= 0.3 is 5.91 Å². The average Bonchev–Trinajstić information content (AvgIpc) is 2.80. The molecule has 1 aliphatic heterocycles. The van der Waals surface area contributed by atoms with Gasteiger partial charge in [0, 0.05) is 10.6 Å². The second-order valence-corrected chi connectivity index (χ2v) is 5.71. The number of hydrogen-bond donors (Lipinski definition) is 1. The van der Waals surface area contributed by atoms with Crippen molar-refractivity contribution in [2.24, 2.45) is 0 Å². The third kappa shape index (κ3) is 2.43.